The molecule has 0 N–H and O–H groups in total. The molecule has 7 nitrogen and oxygen atoms in total. The highest BCUT2D eigenvalue weighted by Crippen LogP contribution is 2.27. The van der Waals surface area contributed by atoms with Crippen LogP contribution in [0.1, 0.15) is 52.5 Å². The predicted octanol–water partition coefficient (Wildman–Crippen LogP) is 6.34. The summed E-state index contributed by atoms with van der Waals surface area (Å²) in [7, 11) is 0. The molecular weight excluding hydrogens is 486 g/mol. The third kappa shape index (κ3) is 9.11. The van der Waals surface area contributed by atoms with Crippen LogP contribution in [0.4, 0.5) is 4.79 Å². The third-order valence-corrected chi connectivity index (χ3v) is 6.94. The van der Waals surface area contributed by atoms with E-state index in [0.717, 1.165) is 47.6 Å². The molecule has 0 radical (unpaired) electrons. The van der Waals surface area contributed by atoms with Crippen molar-refractivity contribution in [3.8, 4) is 0 Å². The van der Waals surface area contributed by atoms with Crippen molar-refractivity contribution in [2.24, 2.45) is 0 Å². The lowest BCUT2D eigenvalue weighted by molar-refractivity contribution is -0.154. The molecule has 0 unspecified atom stereocenters. The predicted molar refractivity (Wildman–Crippen MR) is 149 cm³/mol. The van der Waals surface area contributed by atoms with Gasteiger partial charge in [-0.3, -0.25) is 4.79 Å². The van der Waals surface area contributed by atoms with E-state index in [1.807, 2.05) is 61.2 Å². The summed E-state index contributed by atoms with van der Waals surface area (Å²) >= 11 is 1.65. The van der Waals surface area contributed by atoms with Crippen molar-refractivity contribution in [1.29, 1.82) is 0 Å². The number of hydrogen-bond donors (Lipinski definition) is 0. The molecule has 200 valence electrons. The van der Waals surface area contributed by atoms with Crippen LogP contribution in [0.25, 0.3) is 11.0 Å². The summed E-state index contributed by atoms with van der Waals surface area (Å²) in [5.74, 6) is 0.492. The topological polar surface area (TPSA) is 73.7 Å². The number of nitrogens with zero attached hydrogens (tertiary/aromatic N) is 3. The molecule has 0 saturated heterocycles. The van der Waals surface area contributed by atoms with Gasteiger partial charge in [0, 0.05) is 25.8 Å². The van der Waals surface area contributed by atoms with Crippen molar-refractivity contribution in [2.75, 3.05) is 25.4 Å². The van der Waals surface area contributed by atoms with Crippen LogP contribution in [-0.2, 0) is 27.2 Å². The fourth-order valence-corrected chi connectivity index (χ4v) is 5.07. The van der Waals surface area contributed by atoms with Gasteiger partial charge in [-0.25, -0.2) is 9.78 Å². The smallest absolute Gasteiger partial charge is 0.409 e. The third-order valence-electron chi connectivity index (χ3n) is 5.88. The van der Waals surface area contributed by atoms with Crippen LogP contribution >= 0.6 is 11.8 Å². The van der Waals surface area contributed by atoms with Crippen molar-refractivity contribution in [3.63, 3.8) is 0 Å². The molecule has 0 aliphatic rings. The number of rotatable bonds is 14. The van der Waals surface area contributed by atoms with Gasteiger partial charge < -0.3 is 18.9 Å². The van der Waals surface area contributed by atoms with Crippen LogP contribution in [0.5, 0.6) is 0 Å². The molecule has 1 amide bonds. The average molecular weight is 526 g/mol. The van der Waals surface area contributed by atoms with Crippen LogP contribution in [0.15, 0.2) is 59.8 Å². The van der Waals surface area contributed by atoms with Gasteiger partial charge in [0.25, 0.3) is 0 Å². The highest BCUT2D eigenvalue weighted by Gasteiger charge is 2.25. The monoisotopic (exact) mass is 525 g/mol. The minimum absolute atomic E-state index is 0.246. The first kappa shape index (κ1) is 28.6. The highest BCUT2D eigenvalue weighted by atomic mass is 32.2. The molecule has 0 aliphatic carbocycles. The Kier molecular flexibility index (Phi) is 10.9. The van der Waals surface area contributed by atoms with Gasteiger partial charge in [0.15, 0.2) is 5.16 Å². The first-order chi connectivity index (χ1) is 17.8. The zero-order valence-electron chi connectivity index (χ0n) is 22.4. The summed E-state index contributed by atoms with van der Waals surface area (Å²) < 4.78 is 13.2. The number of carbonyl (C=O) groups is 2. The molecule has 0 atom stereocenters. The molecule has 0 fully saturated rings. The van der Waals surface area contributed by atoms with Crippen LogP contribution in [0.3, 0.4) is 0 Å². The van der Waals surface area contributed by atoms with E-state index in [-0.39, 0.29) is 12.1 Å². The molecule has 0 spiro atoms. The molecular formula is C29H39N3O4S. The molecule has 0 saturated carbocycles. The Hall–Kier alpha value is -3.00. The Labute approximate surface area is 224 Å². The molecule has 3 aromatic rings. The molecule has 0 aliphatic heterocycles. The molecule has 37 heavy (non-hydrogen) atoms. The lowest BCUT2D eigenvalue weighted by atomic mass is 10.1. The first-order valence-corrected chi connectivity index (χ1v) is 14.0. The first-order valence-electron chi connectivity index (χ1n) is 13.0. The summed E-state index contributed by atoms with van der Waals surface area (Å²) in [5, 5.41) is 0.878. The lowest BCUT2D eigenvalue weighted by Crippen LogP contribution is -2.35. The molecule has 0 bridgehead atoms. The molecule has 1 aromatic heterocycles. The summed E-state index contributed by atoms with van der Waals surface area (Å²) in [6, 6.07) is 18.2. The van der Waals surface area contributed by atoms with E-state index in [1.165, 1.54) is 12.5 Å². The maximum Gasteiger partial charge on any atom is 0.409 e. The maximum atomic E-state index is 12.8. The van der Waals surface area contributed by atoms with Crippen molar-refractivity contribution in [2.45, 2.75) is 70.7 Å². The second-order valence-electron chi connectivity index (χ2n) is 9.72. The number of esters is 1. The van der Waals surface area contributed by atoms with E-state index in [9.17, 15) is 9.59 Å². The standard InChI is InChI=1S/C29H39N3O4S/c1-5-6-20-35-28(34)31(19-17-24-13-8-7-9-14-24)18-12-21-37-27-30-25-15-10-11-16-26(25)32(27)22-29(3,4)36-23(2)33/h7-11,13-16H,5-6,12,17-22H2,1-4H3. The largest absolute Gasteiger partial charge is 0.458 e. The van der Waals surface area contributed by atoms with Crippen LogP contribution in [-0.4, -0.2) is 57.6 Å². The number of amides is 1. The summed E-state index contributed by atoms with van der Waals surface area (Å²) in [4.78, 5) is 31.0. The van der Waals surface area contributed by atoms with Gasteiger partial charge in [-0.15, -0.1) is 0 Å². The van der Waals surface area contributed by atoms with Crippen molar-refractivity contribution in [3.05, 3.63) is 60.2 Å². The Morgan fingerprint density at radius 1 is 1.03 bits per heavy atom. The van der Waals surface area contributed by atoms with Crippen molar-refractivity contribution >= 4 is 34.9 Å². The highest BCUT2D eigenvalue weighted by molar-refractivity contribution is 7.99. The Bertz CT molecular complexity index is 1150. The van der Waals surface area contributed by atoms with Crippen LogP contribution < -0.4 is 0 Å². The Balaban J connectivity index is 1.64. The number of aromatic nitrogens is 2. The number of unbranched alkanes of at least 4 members (excludes halogenated alkanes) is 1. The number of benzene rings is 2. The Morgan fingerprint density at radius 2 is 1.76 bits per heavy atom. The minimum atomic E-state index is -0.666. The summed E-state index contributed by atoms with van der Waals surface area (Å²) in [6.07, 6.45) is 3.21. The van der Waals surface area contributed by atoms with E-state index < -0.39 is 5.60 Å². The fourth-order valence-electron chi connectivity index (χ4n) is 4.14. The van der Waals surface area contributed by atoms with Crippen molar-refractivity contribution in [1.82, 2.24) is 14.5 Å². The quantitative estimate of drug-likeness (QED) is 0.139. The van der Waals surface area contributed by atoms with Gasteiger partial charge in [0.1, 0.15) is 5.60 Å². The molecule has 2 aromatic carbocycles. The zero-order valence-corrected chi connectivity index (χ0v) is 23.3. The maximum absolute atomic E-state index is 12.8. The molecule has 1 heterocycles. The van der Waals surface area contributed by atoms with E-state index >= 15 is 0 Å². The van der Waals surface area contributed by atoms with Gasteiger partial charge in [-0.2, -0.15) is 0 Å². The van der Waals surface area contributed by atoms with E-state index in [4.69, 9.17) is 14.5 Å². The minimum Gasteiger partial charge on any atom is -0.458 e. The summed E-state index contributed by atoms with van der Waals surface area (Å²) in [5.41, 5.74) is 2.45. The van der Waals surface area contributed by atoms with Crippen molar-refractivity contribution < 1.29 is 19.1 Å². The second-order valence-corrected chi connectivity index (χ2v) is 10.8. The number of imidazole rings is 1. The van der Waals surface area contributed by atoms with Gasteiger partial charge in [0.05, 0.1) is 24.2 Å². The van der Waals surface area contributed by atoms with Crippen LogP contribution in [0.2, 0.25) is 0 Å². The lowest BCUT2D eigenvalue weighted by Gasteiger charge is -2.26. The Morgan fingerprint density at radius 3 is 2.49 bits per heavy atom. The fraction of sp³-hybridized carbons (Fsp3) is 0.483. The second kappa shape index (κ2) is 14.1. The number of hydrogen-bond acceptors (Lipinski definition) is 6. The van der Waals surface area contributed by atoms with Gasteiger partial charge in [0.2, 0.25) is 0 Å². The van der Waals surface area contributed by atoms with Gasteiger partial charge in [-0.05, 0) is 50.8 Å². The number of thioether (sulfide) groups is 1. The average Bonchev–Trinajstić information content (AvgIpc) is 3.20. The number of ether oxygens (including phenoxy) is 2. The SMILES string of the molecule is CCCCOC(=O)N(CCCSc1nc2ccccc2n1CC(C)(C)OC(C)=O)CCc1ccccc1. The van der Waals surface area contributed by atoms with E-state index in [1.54, 1.807) is 11.8 Å². The molecule has 8 heteroatoms. The van der Waals surface area contributed by atoms with Gasteiger partial charge >= 0.3 is 12.1 Å². The van der Waals surface area contributed by atoms with E-state index in [0.29, 0.717) is 26.2 Å². The van der Waals surface area contributed by atoms with Crippen LogP contribution in [0, 0.1) is 0 Å². The normalized spacial score (nSPS) is 11.5. The number of para-hydroxylation sites is 2. The summed E-state index contributed by atoms with van der Waals surface area (Å²) in [6.45, 7) is 9.52. The van der Waals surface area contributed by atoms with E-state index in [2.05, 4.69) is 23.6 Å². The number of fused-ring (bicyclic) bond motifs is 1. The zero-order chi connectivity index (χ0) is 26.7. The number of carbonyl (C=O) groups excluding carboxylic acids is 2. The van der Waals surface area contributed by atoms with Gasteiger partial charge in [-0.1, -0.05) is 67.6 Å². The molecule has 3 rings (SSSR count).